The number of nitrogens with zero attached hydrogens (tertiary/aromatic N) is 3. The summed E-state index contributed by atoms with van der Waals surface area (Å²) in [6.07, 6.45) is 5.68. The number of carbonyl (C=O) groups excluding carboxylic acids is 1. The fourth-order valence-electron chi connectivity index (χ4n) is 4.12. The van der Waals surface area contributed by atoms with Gasteiger partial charge < -0.3 is 9.80 Å². The molecule has 1 aromatic rings. The molecule has 27 heavy (non-hydrogen) atoms. The Balaban J connectivity index is 1.58. The Bertz CT molecular complexity index is 660. The number of nitrogens with one attached hydrogen (secondary N) is 1. The number of anilines is 1. The Morgan fingerprint density at radius 3 is 2.48 bits per heavy atom. The summed E-state index contributed by atoms with van der Waals surface area (Å²) in [4.78, 5) is 18.7. The molecule has 6 heteroatoms. The van der Waals surface area contributed by atoms with Crippen molar-refractivity contribution in [3.63, 3.8) is 0 Å². The molecule has 0 aromatic heterocycles. The first-order valence-electron chi connectivity index (χ1n) is 9.86. The summed E-state index contributed by atoms with van der Waals surface area (Å²) in [7, 11) is 2.22. The molecule has 148 valence electrons. The number of likely N-dealkylation sites (tertiary alicyclic amines) is 1. The number of hydroxylamine groups is 1. The second-order valence-electron chi connectivity index (χ2n) is 8.25. The topological polar surface area (TPSA) is 59.0 Å². The van der Waals surface area contributed by atoms with Gasteiger partial charge in [-0.3, -0.25) is 14.9 Å². The molecule has 1 amide bonds. The molecule has 6 nitrogen and oxygen atoms in total. The smallest absolute Gasteiger partial charge is 0.267 e. The average Bonchev–Trinajstić information content (AvgIpc) is 2.69. The van der Waals surface area contributed by atoms with Crippen LogP contribution in [0.2, 0.25) is 0 Å². The van der Waals surface area contributed by atoms with Crippen LogP contribution in [0.4, 0.5) is 5.69 Å². The van der Waals surface area contributed by atoms with E-state index in [0.717, 1.165) is 37.4 Å². The van der Waals surface area contributed by atoms with Gasteiger partial charge in [0.05, 0.1) is 0 Å². The van der Waals surface area contributed by atoms with E-state index in [9.17, 15) is 4.79 Å². The SMILES string of the molecule is CN1CCC(C)(CN2CCN(c3ccccc3C=CC(=O)NO)CC2)CC1. The molecule has 0 spiro atoms. The average molecular weight is 373 g/mol. The molecule has 2 N–H and O–H groups in total. The normalized spacial score (nSPS) is 21.5. The molecule has 2 aliphatic heterocycles. The van der Waals surface area contributed by atoms with Gasteiger partial charge in [-0.2, -0.15) is 0 Å². The minimum atomic E-state index is -0.513. The lowest BCUT2D eigenvalue weighted by atomic mass is 9.80. The van der Waals surface area contributed by atoms with Gasteiger partial charge in [-0.25, -0.2) is 5.48 Å². The second-order valence-corrected chi connectivity index (χ2v) is 8.25. The van der Waals surface area contributed by atoms with Crippen LogP contribution in [0, 0.1) is 5.41 Å². The van der Waals surface area contributed by atoms with Gasteiger partial charge in [0.2, 0.25) is 0 Å². The van der Waals surface area contributed by atoms with Gasteiger partial charge in [0.25, 0.3) is 5.91 Å². The molecule has 0 atom stereocenters. The van der Waals surface area contributed by atoms with Gasteiger partial charge >= 0.3 is 0 Å². The summed E-state index contributed by atoms with van der Waals surface area (Å²) in [5, 5.41) is 8.66. The largest absolute Gasteiger partial charge is 0.368 e. The first-order chi connectivity index (χ1) is 13.0. The van der Waals surface area contributed by atoms with E-state index in [1.165, 1.54) is 38.6 Å². The van der Waals surface area contributed by atoms with Crippen molar-refractivity contribution in [1.82, 2.24) is 15.3 Å². The fraction of sp³-hybridized carbons (Fsp3) is 0.571. The predicted molar refractivity (Wildman–Crippen MR) is 109 cm³/mol. The lowest BCUT2D eigenvalue weighted by Crippen LogP contribution is -2.51. The first kappa shape index (κ1) is 19.9. The summed E-state index contributed by atoms with van der Waals surface area (Å²) in [5.41, 5.74) is 4.21. The summed E-state index contributed by atoms with van der Waals surface area (Å²) in [6, 6.07) is 8.11. The van der Waals surface area contributed by atoms with E-state index >= 15 is 0 Å². The van der Waals surface area contributed by atoms with Crippen LogP contribution in [0.5, 0.6) is 0 Å². The third-order valence-corrected chi connectivity index (χ3v) is 5.97. The fourth-order valence-corrected chi connectivity index (χ4v) is 4.12. The van der Waals surface area contributed by atoms with E-state index in [1.54, 1.807) is 11.6 Å². The maximum Gasteiger partial charge on any atom is 0.267 e. The van der Waals surface area contributed by atoms with E-state index in [-0.39, 0.29) is 0 Å². The van der Waals surface area contributed by atoms with Gasteiger partial charge in [-0.05, 0) is 56.1 Å². The molecule has 0 radical (unpaired) electrons. The number of piperidine rings is 1. The van der Waals surface area contributed by atoms with Crippen LogP contribution in [0.15, 0.2) is 30.3 Å². The molecule has 0 saturated carbocycles. The molecular weight excluding hydrogens is 340 g/mol. The van der Waals surface area contributed by atoms with Crippen molar-refractivity contribution >= 4 is 17.7 Å². The number of rotatable bonds is 5. The Morgan fingerprint density at radius 2 is 1.81 bits per heavy atom. The third kappa shape index (κ3) is 5.31. The van der Waals surface area contributed by atoms with Crippen LogP contribution in [0.3, 0.4) is 0 Å². The number of carbonyl (C=O) groups is 1. The maximum atomic E-state index is 11.3. The Kier molecular flexibility index (Phi) is 6.52. The zero-order valence-electron chi connectivity index (χ0n) is 16.5. The number of para-hydroxylation sites is 1. The van der Waals surface area contributed by atoms with Crippen LogP contribution in [-0.4, -0.2) is 73.8 Å². The van der Waals surface area contributed by atoms with Crippen molar-refractivity contribution in [3.8, 4) is 0 Å². The molecule has 2 aliphatic rings. The zero-order valence-corrected chi connectivity index (χ0v) is 16.5. The van der Waals surface area contributed by atoms with Crippen molar-refractivity contribution in [2.45, 2.75) is 19.8 Å². The number of benzene rings is 1. The van der Waals surface area contributed by atoms with Crippen molar-refractivity contribution in [2.24, 2.45) is 5.41 Å². The second kappa shape index (κ2) is 8.87. The zero-order chi connectivity index (χ0) is 19.3. The monoisotopic (exact) mass is 372 g/mol. The first-order valence-corrected chi connectivity index (χ1v) is 9.86. The van der Waals surface area contributed by atoms with Gasteiger partial charge in [-0.15, -0.1) is 0 Å². The summed E-state index contributed by atoms with van der Waals surface area (Å²) in [5.74, 6) is -0.513. The van der Waals surface area contributed by atoms with Crippen LogP contribution >= 0.6 is 0 Å². The summed E-state index contributed by atoms with van der Waals surface area (Å²) >= 11 is 0. The van der Waals surface area contributed by atoms with Crippen molar-refractivity contribution in [3.05, 3.63) is 35.9 Å². The Labute approximate surface area is 162 Å². The van der Waals surface area contributed by atoms with Crippen molar-refractivity contribution in [2.75, 3.05) is 57.8 Å². The quantitative estimate of drug-likeness (QED) is 0.471. The van der Waals surface area contributed by atoms with Crippen LogP contribution in [0.25, 0.3) is 6.08 Å². The van der Waals surface area contributed by atoms with Crippen LogP contribution in [-0.2, 0) is 4.79 Å². The highest BCUT2D eigenvalue weighted by Crippen LogP contribution is 2.32. The lowest BCUT2D eigenvalue weighted by molar-refractivity contribution is -0.124. The molecule has 0 unspecified atom stereocenters. The number of hydrogen-bond donors (Lipinski definition) is 2. The Morgan fingerprint density at radius 1 is 1.15 bits per heavy atom. The summed E-state index contributed by atoms with van der Waals surface area (Å²) in [6.45, 7) is 10.2. The maximum absolute atomic E-state index is 11.3. The van der Waals surface area contributed by atoms with Crippen molar-refractivity contribution < 1.29 is 10.0 Å². The lowest BCUT2D eigenvalue weighted by Gasteiger charge is -2.44. The number of hydrogen-bond acceptors (Lipinski definition) is 5. The molecule has 2 heterocycles. The minimum absolute atomic E-state index is 0.437. The third-order valence-electron chi connectivity index (χ3n) is 5.97. The molecule has 0 bridgehead atoms. The van der Waals surface area contributed by atoms with Gasteiger partial charge in [0, 0.05) is 44.5 Å². The van der Waals surface area contributed by atoms with Gasteiger partial charge in [0.1, 0.15) is 0 Å². The van der Waals surface area contributed by atoms with E-state index in [2.05, 4.69) is 34.7 Å². The molecule has 0 aliphatic carbocycles. The Hall–Kier alpha value is -1.89. The van der Waals surface area contributed by atoms with E-state index in [1.807, 2.05) is 18.2 Å². The minimum Gasteiger partial charge on any atom is -0.368 e. The van der Waals surface area contributed by atoms with Crippen LogP contribution < -0.4 is 10.4 Å². The number of amides is 1. The molecule has 2 fully saturated rings. The van der Waals surface area contributed by atoms with Crippen LogP contribution in [0.1, 0.15) is 25.3 Å². The highest BCUT2D eigenvalue weighted by atomic mass is 16.5. The van der Waals surface area contributed by atoms with Gasteiger partial charge in [0.15, 0.2) is 0 Å². The summed E-state index contributed by atoms with van der Waals surface area (Å²) < 4.78 is 0. The van der Waals surface area contributed by atoms with Gasteiger partial charge in [-0.1, -0.05) is 25.1 Å². The van der Waals surface area contributed by atoms with E-state index in [0.29, 0.717) is 5.41 Å². The predicted octanol–water partition coefficient (Wildman–Crippen LogP) is 2.06. The molecular formula is C21H32N4O2. The number of piperazine rings is 1. The van der Waals surface area contributed by atoms with Crippen molar-refractivity contribution in [1.29, 1.82) is 0 Å². The molecule has 3 rings (SSSR count). The molecule has 1 aromatic carbocycles. The molecule has 2 saturated heterocycles. The van der Waals surface area contributed by atoms with E-state index < -0.39 is 5.91 Å². The highest BCUT2D eigenvalue weighted by molar-refractivity contribution is 5.91. The van der Waals surface area contributed by atoms with E-state index in [4.69, 9.17) is 5.21 Å². The highest BCUT2D eigenvalue weighted by Gasteiger charge is 2.32. The standard InChI is InChI=1S/C21H32N4O2/c1-21(9-11-23(2)12-10-21)17-24-13-15-25(16-14-24)19-6-4-3-5-18(19)7-8-20(26)22-27/h3-8,27H,9-17H2,1-2H3,(H,22,26).